The van der Waals surface area contributed by atoms with E-state index in [1.165, 1.54) is 0 Å². The second-order valence-electron chi connectivity index (χ2n) is 5.38. The zero-order valence-electron chi connectivity index (χ0n) is 10.2. The molecule has 0 aromatic heterocycles. The number of ether oxygens (including phenoxy) is 1. The first-order valence-corrected chi connectivity index (χ1v) is 6.62. The summed E-state index contributed by atoms with van der Waals surface area (Å²) in [6, 6.07) is 0.282. The Morgan fingerprint density at radius 2 is 2.18 bits per heavy atom. The zero-order chi connectivity index (χ0) is 11.7. The minimum atomic E-state index is 0.172. The Labute approximate surface area is 102 Å². The number of fused-ring (bicyclic) bond motifs is 2. The van der Waals surface area contributed by atoms with Gasteiger partial charge in [0.25, 0.3) is 0 Å². The molecule has 2 N–H and O–H groups in total. The van der Waals surface area contributed by atoms with Crippen LogP contribution in [-0.4, -0.2) is 61.8 Å². The van der Waals surface area contributed by atoms with Gasteiger partial charge >= 0.3 is 0 Å². The molecule has 0 radical (unpaired) electrons. The van der Waals surface area contributed by atoms with Gasteiger partial charge in [0.15, 0.2) is 0 Å². The molecule has 1 spiro atoms. The molecule has 5 heteroatoms. The highest BCUT2D eigenvalue weighted by Gasteiger charge is 2.45. The van der Waals surface area contributed by atoms with Crippen molar-refractivity contribution in [2.45, 2.75) is 30.8 Å². The van der Waals surface area contributed by atoms with Crippen LogP contribution in [0.5, 0.6) is 0 Å². The third-order valence-electron chi connectivity index (χ3n) is 4.41. The summed E-state index contributed by atoms with van der Waals surface area (Å²) in [5.74, 6) is 0.181. The Morgan fingerprint density at radius 1 is 1.35 bits per heavy atom. The molecule has 0 aromatic carbocycles. The second-order valence-corrected chi connectivity index (χ2v) is 5.38. The molecule has 96 valence electrons. The molecule has 1 amide bonds. The summed E-state index contributed by atoms with van der Waals surface area (Å²) in [6.07, 6.45) is 2.85. The van der Waals surface area contributed by atoms with E-state index >= 15 is 0 Å². The molecule has 3 saturated heterocycles. The van der Waals surface area contributed by atoms with Gasteiger partial charge in [-0.25, -0.2) is 0 Å². The van der Waals surface area contributed by atoms with Crippen molar-refractivity contribution in [1.29, 1.82) is 0 Å². The molecule has 3 rings (SSSR count). The molecule has 3 aliphatic rings. The number of amides is 1. The van der Waals surface area contributed by atoms with E-state index in [9.17, 15) is 4.79 Å². The Balaban J connectivity index is 1.86. The summed E-state index contributed by atoms with van der Waals surface area (Å²) in [7, 11) is 0. The largest absolute Gasteiger partial charge is 0.378 e. The minimum absolute atomic E-state index is 0.172. The summed E-state index contributed by atoms with van der Waals surface area (Å²) in [5.41, 5.74) is 0.172. The van der Waals surface area contributed by atoms with Crippen molar-refractivity contribution in [3.63, 3.8) is 0 Å². The van der Waals surface area contributed by atoms with Gasteiger partial charge in [-0.1, -0.05) is 0 Å². The molecule has 3 aliphatic heterocycles. The van der Waals surface area contributed by atoms with Crippen LogP contribution in [0.2, 0.25) is 0 Å². The van der Waals surface area contributed by atoms with E-state index in [4.69, 9.17) is 4.74 Å². The third kappa shape index (κ3) is 2.07. The molecule has 3 heterocycles. The van der Waals surface area contributed by atoms with Crippen LogP contribution in [0, 0.1) is 0 Å². The van der Waals surface area contributed by atoms with Crippen LogP contribution >= 0.6 is 0 Å². The van der Waals surface area contributed by atoms with Gasteiger partial charge in [0.2, 0.25) is 5.91 Å². The van der Waals surface area contributed by atoms with Crippen molar-refractivity contribution < 1.29 is 9.53 Å². The Kier molecular flexibility index (Phi) is 3.06. The predicted molar refractivity (Wildman–Crippen MR) is 63.8 cm³/mol. The Bertz CT molecular complexity index is 302. The lowest BCUT2D eigenvalue weighted by atomic mass is 9.85. The smallest absolute Gasteiger partial charge is 0.221 e. The van der Waals surface area contributed by atoms with Gasteiger partial charge in [-0.05, 0) is 25.9 Å². The highest BCUT2D eigenvalue weighted by molar-refractivity contribution is 5.77. The maximum atomic E-state index is 11.8. The number of rotatable bonds is 0. The molecular weight excluding hydrogens is 218 g/mol. The van der Waals surface area contributed by atoms with E-state index in [0.29, 0.717) is 13.0 Å². The number of nitrogens with one attached hydrogen (secondary N) is 2. The molecule has 0 bridgehead atoms. The van der Waals surface area contributed by atoms with E-state index < -0.39 is 0 Å². The fourth-order valence-electron chi connectivity index (χ4n) is 3.46. The average Bonchev–Trinajstić information content (AvgIpc) is 2.50. The van der Waals surface area contributed by atoms with Crippen LogP contribution in [-0.2, 0) is 9.53 Å². The van der Waals surface area contributed by atoms with E-state index in [0.717, 1.165) is 45.6 Å². The molecule has 0 aliphatic carbocycles. The SMILES string of the molecule is O=C1CC2COCCN2C2(CCNCC2)CN1. The Morgan fingerprint density at radius 3 is 3.00 bits per heavy atom. The molecule has 3 fully saturated rings. The monoisotopic (exact) mass is 239 g/mol. The molecule has 0 aromatic rings. The maximum absolute atomic E-state index is 11.8. The Hall–Kier alpha value is -0.650. The highest BCUT2D eigenvalue weighted by atomic mass is 16.5. The van der Waals surface area contributed by atoms with Gasteiger partial charge in [-0.15, -0.1) is 0 Å². The molecule has 17 heavy (non-hydrogen) atoms. The summed E-state index contributed by atoms with van der Waals surface area (Å²) in [6.45, 7) is 5.41. The fourth-order valence-corrected chi connectivity index (χ4v) is 3.46. The van der Waals surface area contributed by atoms with Crippen molar-refractivity contribution in [2.24, 2.45) is 0 Å². The van der Waals surface area contributed by atoms with Gasteiger partial charge in [-0.2, -0.15) is 0 Å². The molecule has 5 nitrogen and oxygen atoms in total. The van der Waals surface area contributed by atoms with Crippen LogP contribution in [0.25, 0.3) is 0 Å². The van der Waals surface area contributed by atoms with E-state index in [1.54, 1.807) is 0 Å². The van der Waals surface area contributed by atoms with E-state index in [-0.39, 0.29) is 17.5 Å². The quantitative estimate of drug-likeness (QED) is 0.589. The first-order chi connectivity index (χ1) is 8.30. The molecule has 1 unspecified atom stereocenters. The topological polar surface area (TPSA) is 53.6 Å². The second kappa shape index (κ2) is 4.55. The van der Waals surface area contributed by atoms with Crippen LogP contribution in [0.3, 0.4) is 0 Å². The van der Waals surface area contributed by atoms with Crippen LogP contribution in [0.4, 0.5) is 0 Å². The van der Waals surface area contributed by atoms with Gasteiger partial charge in [0, 0.05) is 31.1 Å². The number of piperidine rings is 1. The minimum Gasteiger partial charge on any atom is -0.378 e. The fraction of sp³-hybridized carbons (Fsp3) is 0.917. The number of carbonyl (C=O) groups is 1. The third-order valence-corrected chi connectivity index (χ3v) is 4.41. The summed E-state index contributed by atoms with van der Waals surface area (Å²) < 4.78 is 5.54. The van der Waals surface area contributed by atoms with Gasteiger partial charge < -0.3 is 15.4 Å². The number of nitrogens with zero attached hydrogens (tertiary/aromatic N) is 1. The highest BCUT2D eigenvalue weighted by Crippen LogP contribution is 2.31. The zero-order valence-corrected chi connectivity index (χ0v) is 10.2. The molecule has 1 atom stereocenters. The van der Waals surface area contributed by atoms with E-state index in [1.807, 2.05) is 0 Å². The van der Waals surface area contributed by atoms with Gasteiger partial charge in [0.05, 0.1) is 13.2 Å². The summed E-state index contributed by atoms with van der Waals surface area (Å²) in [4.78, 5) is 14.3. The summed E-state index contributed by atoms with van der Waals surface area (Å²) >= 11 is 0. The predicted octanol–water partition coefficient (Wildman–Crippen LogP) is -0.671. The van der Waals surface area contributed by atoms with Crippen molar-refractivity contribution in [2.75, 3.05) is 39.4 Å². The maximum Gasteiger partial charge on any atom is 0.221 e. The van der Waals surface area contributed by atoms with Crippen LogP contribution in [0.1, 0.15) is 19.3 Å². The number of hydrogen-bond acceptors (Lipinski definition) is 4. The lowest BCUT2D eigenvalue weighted by Gasteiger charge is -2.50. The first-order valence-electron chi connectivity index (χ1n) is 6.62. The molecular formula is C12H21N3O2. The number of hydrogen-bond donors (Lipinski definition) is 2. The average molecular weight is 239 g/mol. The van der Waals surface area contributed by atoms with E-state index in [2.05, 4.69) is 15.5 Å². The van der Waals surface area contributed by atoms with Gasteiger partial charge in [-0.3, -0.25) is 9.69 Å². The lowest BCUT2D eigenvalue weighted by Crippen LogP contribution is -2.63. The van der Waals surface area contributed by atoms with Crippen molar-refractivity contribution in [3.8, 4) is 0 Å². The van der Waals surface area contributed by atoms with Crippen LogP contribution < -0.4 is 10.6 Å². The first kappa shape index (κ1) is 11.4. The van der Waals surface area contributed by atoms with Crippen molar-refractivity contribution >= 4 is 5.91 Å². The number of carbonyl (C=O) groups excluding carboxylic acids is 1. The van der Waals surface area contributed by atoms with Crippen molar-refractivity contribution in [1.82, 2.24) is 15.5 Å². The standard InChI is InChI=1S/C12H21N3O2/c16-11-7-10-8-17-6-5-15(10)12(9-14-11)1-3-13-4-2-12/h10,13H,1-9H2,(H,14,16). The number of morpholine rings is 1. The summed E-state index contributed by atoms with van der Waals surface area (Å²) in [5, 5.41) is 6.51. The lowest BCUT2D eigenvalue weighted by molar-refractivity contribution is -0.122. The molecule has 0 saturated carbocycles. The van der Waals surface area contributed by atoms with Crippen molar-refractivity contribution in [3.05, 3.63) is 0 Å². The van der Waals surface area contributed by atoms with Gasteiger partial charge in [0.1, 0.15) is 0 Å². The van der Waals surface area contributed by atoms with Crippen LogP contribution in [0.15, 0.2) is 0 Å². The normalized spacial score (nSPS) is 33.9.